The number of esters is 2. The van der Waals surface area contributed by atoms with Crippen molar-refractivity contribution in [3.8, 4) is 0 Å². The quantitative estimate of drug-likeness (QED) is 0.0398. The van der Waals surface area contributed by atoms with Crippen molar-refractivity contribution in [3.05, 3.63) is 0 Å². The smallest absolute Gasteiger partial charge is 0.362 e. The third-order valence-corrected chi connectivity index (χ3v) is 9.26. The molecule has 0 radical (unpaired) electrons. The summed E-state index contributed by atoms with van der Waals surface area (Å²) in [5.41, 5.74) is 0. The molecule has 0 aromatic rings. The Bertz CT molecular complexity index is 767. The predicted octanol–water partition coefficient (Wildman–Crippen LogP) is 10.2. The highest BCUT2D eigenvalue weighted by molar-refractivity contribution is 5.72. The van der Waals surface area contributed by atoms with E-state index in [9.17, 15) is 19.5 Å². The first-order chi connectivity index (χ1) is 23.1. The molecular formula is C40H78NO7+. The van der Waals surface area contributed by atoms with Gasteiger partial charge in [0.1, 0.15) is 6.61 Å². The maximum atomic E-state index is 12.7. The molecule has 2 atom stereocenters. The summed E-state index contributed by atoms with van der Waals surface area (Å²) in [5, 5.41) is 9.58. The van der Waals surface area contributed by atoms with Gasteiger partial charge in [0.15, 0.2) is 12.1 Å². The van der Waals surface area contributed by atoms with E-state index in [1.807, 2.05) is 21.1 Å². The van der Waals surface area contributed by atoms with Crippen LogP contribution < -0.4 is 0 Å². The van der Waals surface area contributed by atoms with Crippen molar-refractivity contribution in [3.63, 3.8) is 0 Å². The first-order valence-electron chi connectivity index (χ1n) is 20.1. The van der Waals surface area contributed by atoms with Gasteiger partial charge in [-0.1, -0.05) is 155 Å². The van der Waals surface area contributed by atoms with E-state index >= 15 is 0 Å². The van der Waals surface area contributed by atoms with Crippen molar-refractivity contribution >= 4 is 17.9 Å². The number of unbranched alkanes of at least 4 members (excludes halogenated alkanes) is 22. The Morgan fingerprint density at radius 2 is 0.917 bits per heavy atom. The molecule has 0 aromatic carbocycles. The van der Waals surface area contributed by atoms with Crippen LogP contribution in [0.15, 0.2) is 0 Å². The van der Waals surface area contributed by atoms with E-state index < -0.39 is 18.1 Å². The van der Waals surface area contributed by atoms with Gasteiger partial charge in [-0.3, -0.25) is 9.59 Å². The third-order valence-electron chi connectivity index (χ3n) is 9.26. The van der Waals surface area contributed by atoms with Gasteiger partial charge in [-0.25, -0.2) is 4.79 Å². The van der Waals surface area contributed by atoms with Crippen molar-refractivity contribution < 1.29 is 38.2 Å². The number of hydrogen-bond donors (Lipinski definition) is 1. The van der Waals surface area contributed by atoms with Crippen molar-refractivity contribution in [2.45, 2.75) is 199 Å². The Morgan fingerprint density at radius 3 is 1.29 bits per heavy atom. The SMILES string of the molecule is CCCCCCCCCCCCCCCCCC(=O)OC(COCCC(C(=O)O)[N+](C)(C)C)COC(=O)CCCCCCCCCCC. The number of rotatable bonds is 36. The first kappa shape index (κ1) is 46.3. The lowest BCUT2D eigenvalue weighted by Crippen LogP contribution is -2.50. The fourth-order valence-corrected chi connectivity index (χ4v) is 6.09. The maximum Gasteiger partial charge on any atom is 0.362 e. The molecular weight excluding hydrogens is 606 g/mol. The molecule has 0 aromatic heterocycles. The molecule has 0 spiro atoms. The zero-order chi connectivity index (χ0) is 35.7. The van der Waals surface area contributed by atoms with Gasteiger partial charge in [-0.2, -0.15) is 0 Å². The number of carbonyl (C=O) groups excluding carboxylic acids is 2. The molecule has 0 aliphatic heterocycles. The standard InChI is InChI=1S/C40H77NO7/c1-6-8-10-12-14-16-17-18-19-20-21-23-25-27-29-31-39(43)48-36(34-46-33-32-37(40(44)45)41(3,4)5)35-47-38(42)30-28-26-24-22-15-13-11-9-7-2/h36-37H,6-35H2,1-5H3/p+1. The molecule has 0 saturated carbocycles. The fourth-order valence-electron chi connectivity index (χ4n) is 6.09. The van der Waals surface area contributed by atoms with E-state index in [-0.39, 0.29) is 36.2 Å². The molecule has 0 aliphatic carbocycles. The fraction of sp³-hybridized carbons (Fsp3) is 0.925. The highest BCUT2D eigenvalue weighted by Crippen LogP contribution is 2.15. The molecule has 0 bridgehead atoms. The van der Waals surface area contributed by atoms with Crippen LogP contribution in [0.1, 0.15) is 187 Å². The van der Waals surface area contributed by atoms with Crippen LogP contribution in [0.25, 0.3) is 0 Å². The van der Waals surface area contributed by atoms with E-state index in [1.54, 1.807) is 0 Å². The van der Waals surface area contributed by atoms with E-state index in [1.165, 1.54) is 116 Å². The van der Waals surface area contributed by atoms with Crippen LogP contribution in [0.3, 0.4) is 0 Å². The summed E-state index contributed by atoms with van der Waals surface area (Å²) in [6, 6.07) is -0.606. The Hall–Kier alpha value is -1.67. The number of carboxylic acid groups (broad SMARTS) is 1. The molecule has 0 amide bonds. The topological polar surface area (TPSA) is 99.1 Å². The summed E-state index contributed by atoms with van der Waals surface area (Å²) in [6.07, 6.45) is 30.0. The van der Waals surface area contributed by atoms with E-state index in [0.717, 1.165) is 38.5 Å². The zero-order valence-corrected chi connectivity index (χ0v) is 32.2. The van der Waals surface area contributed by atoms with E-state index in [2.05, 4.69) is 13.8 Å². The van der Waals surface area contributed by atoms with Crippen LogP contribution in [-0.4, -0.2) is 80.6 Å². The maximum absolute atomic E-state index is 12.7. The highest BCUT2D eigenvalue weighted by atomic mass is 16.6. The second-order valence-electron chi connectivity index (χ2n) is 14.9. The average molecular weight is 685 g/mol. The van der Waals surface area contributed by atoms with Gasteiger partial charge in [0.25, 0.3) is 0 Å². The number of nitrogens with zero attached hydrogens (tertiary/aromatic N) is 1. The summed E-state index contributed by atoms with van der Waals surface area (Å²) in [7, 11) is 5.53. The van der Waals surface area contributed by atoms with Gasteiger partial charge < -0.3 is 23.8 Å². The summed E-state index contributed by atoms with van der Waals surface area (Å²) < 4.78 is 17.2. The van der Waals surface area contributed by atoms with Crippen LogP contribution in [-0.2, 0) is 28.6 Å². The minimum atomic E-state index is -0.872. The number of carboxylic acids is 1. The minimum Gasteiger partial charge on any atom is -0.477 e. The Balaban J connectivity index is 4.34. The second-order valence-corrected chi connectivity index (χ2v) is 14.9. The van der Waals surface area contributed by atoms with Crippen molar-refractivity contribution in [2.75, 3.05) is 41.0 Å². The summed E-state index contributed by atoms with van der Waals surface area (Å²) in [4.78, 5) is 36.7. The number of likely N-dealkylation sites (N-methyl/N-ethyl adjacent to an activating group) is 1. The number of aliphatic carboxylic acids is 1. The van der Waals surface area contributed by atoms with Crippen molar-refractivity contribution in [2.24, 2.45) is 0 Å². The van der Waals surface area contributed by atoms with Crippen LogP contribution in [0.5, 0.6) is 0 Å². The molecule has 0 heterocycles. The first-order valence-corrected chi connectivity index (χ1v) is 20.1. The van der Waals surface area contributed by atoms with Gasteiger partial charge in [0.05, 0.1) is 34.4 Å². The Labute approximate surface area is 296 Å². The molecule has 0 aliphatic rings. The molecule has 0 fully saturated rings. The van der Waals surface area contributed by atoms with E-state index in [4.69, 9.17) is 14.2 Å². The molecule has 8 heteroatoms. The molecule has 0 rings (SSSR count). The van der Waals surface area contributed by atoms with Crippen molar-refractivity contribution in [1.82, 2.24) is 0 Å². The number of ether oxygens (including phenoxy) is 3. The van der Waals surface area contributed by atoms with Crippen LogP contribution in [0.4, 0.5) is 0 Å². The number of hydrogen-bond acceptors (Lipinski definition) is 6. The van der Waals surface area contributed by atoms with Gasteiger partial charge in [0, 0.05) is 19.3 Å². The van der Waals surface area contributed by atoms with Gasteiger partial charge in [-0.05, 0) is 12.8 Å². The lowest BCUT2D eigenvalue weighted by atomic mass is 10.0. The lowest BCUT2D eigenvalue weighted by Gasteiger charge is -2.31. The summed E-state index contributed by atoms with van der Waals surface area (Å²) in [5.74, 6) is -1.46. The normalized spacial score (nSPS) is 12.9. The Morgan fingerprint density at radius 1 is 0.542 bits per heavy atom. The molecule has 8 nitrogen and oxygen atoms in total. The molecule has 2 unspecified atom stereocenters. The highest BCUT2D eigenvalue weighted by Gasteiger charge is 2.31. The minimum absolute atomic E-state index is 0.0431. The van der Waals surface area contributed by atoms with Gasteiger partial charge in [0.2, 0.25) is 0 Å². The number of quaternary nitrogens is 1. The lowest BCUT2D eigenvalue weighted by molar-refractivity contribution is -0.887. The van der Waals surface area contributed by atoms with Crippen LogP contribution in [0, 0.1) is 0 Å². The molecule has 0 saturated heterocycles. The van der Waals surface area contributed by atoms with Crippen LogP contribution in [0.2, 0.25) is 0 Å². The Kier molecular flexibility index (Phi) is 31.4. The summed E-state index contributed by atoms with van der Waals surface area (Å²) >= 11 is 0. The predicted molar refractivity (Wildman–Crippen MR) is 197 cm³/mol. The zero-order valence-electron chi connectivity index (χ0n) is 32.2. The van der Waals surface area contributed by atoms with Crippen LogP contribution >= 0.6 is 0 Å². The van der Waals surface area contributed by atoms with Crippen molar-refractivity contribution in [1.29, 1.82) is 0 Å². The monoisotopic (exact) mass is 685 g/mol. The molecule has 48 heavy (non-hydrogen) atoms. The largest absolute Gasteiger partial charge is 0.477 e. The third kappa shape index (κ3) is 30.4. The molecule has 1 N–H and O–H groups in total. The number of carbonyl (C=O) groups is 3. The van der Waals surface area contributed by atoms with Gasteiger partial charge >= 0.3 is 17.9 Å². The van der Waals surface area contributed by atoms with E-state index in [0.29, 0.717) is 19.3 Å². The average Bonchev–Trinajstić information content (AvgIpc) is 3.03. The molecule has 284 valence electrons. The summed E-state index contributed by atoms with van der Waals surface area (Å²) in [6.45, 7) is 4.73. The van der Waals surface area contributed by atoms with Gasteiger partial charge in [-0.15, -0.1) is 0 Å². The second kappa shape index (κ2) is 32.5.